The Morgan fingerprint density at radius 3 is 2.21 bits per heavy atom. The Morgan fingerprint density at radius 2 is 1.44 bits per heavy atom. The van der Waals surface area contributed by atoms with Crippen molar-refractivity contribution >= 4 is 64.2 Å². The number of aryl methyl sites for hydroxylation is 1. The van der Waals surface area contributed by atoms with E-state index in [2.05, 4.69) is 132 Å². The zero-order valence-corrected chi connectivity index (χ0v) is 24.6. The second-order valence-corrected chi connectivity index (χ2v) is 14.1. The molecule has 194 valence electrons. The molecule has 3 heteroatoms. The lowest BCUT2D eigenvalue weighted by Gasteiger charge is -2.21. The first-order chi connectivity index (χ1) is 18.5. The summed E-state index contributed by atoms with van der Waals surface area (Å²) in [5.74, 6) is 0. The largest absolute Gasteiger partial charge is 0.343 e. The zero-order valence-electron chi connectivity index (χ0n) is 23.8. The van der Waals surface area contributed by atoms with E-state index in [1.54, 1.807) is 0 Å². The van der Waals surface area contributed by atoms with Gasteiger partial charge in [-0.25, -0.2) is 0 Å². The van der Waals surface area contributed by atoms with E-state index in [0.717, 1.165) is 5.52 Å². The second-order valence-electron chi connectivity index (χ2n) is 13.0. The summed E-state index contributed by atoms with van der Waals surface area (Å²) in [6.07, 6.45) is 2.06. The standard InChI is InChI=1S/C36H34N2S/c1-35(2,3)23-13-15-30-28(17-23)29-19-24(36(4,5)6)18-27(33(29)38(30)7)21-12-14-25-22(16-21)20-37-32-26-10-8-9-11-31(26)39-34(25)32/h8-20H,1-7H3. The minimum absolute atomic E-state index is 0.0361. The SMILES string of the molecule is Cn1c2ccc(C(C)(C)C)cc2c2cc(C(C)(C)C)cc(-c3ccc4c(cnc5c6ccccc6sc45)c3)c21. The van der Waals surface area contributed by atoms with Crippen LogP contribution in [0, 0.1) is 0 Å². The van der Waals surface area contributed by atoms with Crippen LogP contribution in [0.1, 0.15) is 52.7 Å². The van der Waals surface area contributed by atoms with Crippen LogP contribution in [-0.2, 0) is 17.9 Å². The van der Waals surface area contributed by atoms with Gasteiger partial charge in [0.2, 0.25) is 0 Å². The second kappa shape index (κ2) is 8.16. The van der Waals surface area contributed by atoms with E-state index in [0.29, 0.717) is 0 Å². The topological polar surface area (TPSA) is 17.8 Å². The normalized spacial score (nSPS) is 13.0. The van der Waals surface area contributed by atoms with E-state index >= 15 is 0 Å². The number of hydrogen-bond donors (Lipinski definition) is 0. The van der Waals surface area contributed by atoms with Crippen molar-refractivity contribution in [1.82, 2.24) is 9.55 Å². The van der Waals surface area contributed by atoms with E-state index in [-0.39, 0.29) is 10.8 Å². The molecule has 0 fully saturated rings. The van der Waals surface area contributed by atoms with Gasteiger partial charge in [-0.15, -0.1) is 11.3 Å². The lowest BCUT2D eigenvalue weighted by atomic mass is 9.83. The Balaban J connectivity index is 1.53. The number of rotatable bonds is 1. The molecule has 0 N–H and O–H groups in total. The first-order valence-electron chi connectivity index (χ1n) is 13.8. The number of pyridine rings is 1. The summed E-state index contributed by atoms with van der Waals surface area (Å²) in [4.78, 5) is 4.94. The van der Waals surface area contributed by atoms with Crippen molar-refractivity contribution in [1.29, 1.82) is 0 Å². The molecule has 0 amide bonds. The minimum atomic E-state index is 0.0361. The van der Waals surface area contributed by atoms with Crippen LogP contribution in [0.25, 0.3) is 64.0 Å². The van der Waals surface area contributed by atoms with Gasteiger partial charge in [0, 0.05) is 56.0 Å². The van der Waals surface area contributed by atoms with Gasteiger partial charge >= 0.3 is 0 Å². The third kappa shape index (κ3) is 3.71. The molecule has 0 aliphatic carbocycles. The average molecular weight is 527 g/mol. The zero-order chi connectivity index (χ0) is 27.3. The van der Waals surface area contributed by atoms with Gasteiger partial charge in [0.15, 0.2) is 0 Å². The lowest BCUT2D eigenvalue weighted by molar-refractivity contribution is 0.590. The van der Waals surface area contributed by atoms with Gasteiger partial charge in [0.05, 0.1) is 15.7 Å². The molecule has 2 nitrogen and oxygen atoms in total. The van der Waals surface area contributed by atoms with Crippen molar-refractivity contribution in [3.8, 4) is 11.1 Å². The van der Waals surface area contributed by atoms with Crippen LogP contribution < -0.4 is 0 Å². The molecule has 0 spiro atoms. The van der Waals surface area contributed by atoms with Crippen LogP contribution in [0.2, 0.25) is 0 Å². The summed E-state index contributed by atoms with van der Waals surface area (Å²) in [5, 5.41) is 6.38. The Kier molecular flexibility index (Phi) is 5.10. The summed E-state index contributed by atoms with van der Waals surface area (Å²) >= 11 is 1.84. The van der Waals surface area contributed by atoms with Gasteiger partial charge in [0.1, 0.15) is 0 Å². The number of aromatic nitrogens is 2. The Bertz CT molecular complexity index is 2090. The molecule has 0 aliphatic rings. The van der Waals surface area contributed by atoms with Crippen molar-refractivity contribution in [3.05, 3.63) is 90.1 Å². The maximum Gasteiger partial charge on any atom is 0.0894 e. The van der Waals surface area contributed by atoms with Crippen molar-refractivity contribution in [2.75, 3.05) is 0 Å². The molecular formula is C36H34N2S. The molecule has 0 saturated heterocycles. The number of fused-ring (bicyclic) bond motifs is 8. The highest BCUT2D eigenvalue weighted by atomic mass is 32.1. The molecule has 0 radical (unpaired) electrons. The predicted octanol–water partition coefficient (Wildman–Crippen LogP) is 10.5. The molecule has 7 rings (SSSR count). The fourth-order valence-corrected chi connectivity index (χ4v) is 7.20. The van der Waals surface area contributed by atoms with Crippen LogP contribution in [0.3, 0.4) is 0 Å². The molecule has 3 heterocycles. The molecule has 39 heavy (non-hydrogen) atoms. The fraction of sp³-hybridized carbons (Fsp3) is 0.250. The van der Waals surface area contributed by atoms with Crippen LogP contribution in [-0.4, -0.2) is 9.55 Å². The Labute approximate surface area is 233 Å². The van der Waals surface area contributed by atoms with Crippen molar-refractivity contribution in [3.63, 3.8) is 0 Å². The Morgan fingerprint density at radius 1 is 0.692 bits per heavy atom. The van der Waals surface area contributed by atoms with E-state index in [4.69, 9.17) is 4.98 Å². The highest BCUT2D eigenvalue weighted by Crippen LogP contribution is 2.42. The highest BCUT2D eigenvalue weighted by Gasteiger charge is 2.22. The summed E-state index contributed by atoms with van der Waals surface area (Å²) in [6.45, 7) is 13.8. The predicted molar refractivity (Wildman–Crippen MR) is 171 cm³/mol. The van der Waals surface area contributed by atoms with E-state index in [1.807, 2.05) is 11.3 Å². The number of nitrogens with zero attached hydrogens (tertiary/aromatic N) is 2. The molecule has 3 aromatic heterocycles. The molecule has 0 aliphatic heterocycles. The summed E-state index contributed by atoms with van der Waals surface area (Å²) in [5.41, 5.74) is 9.06. The summed E-state index contributed by atoms with van der Waals surface area (Å²) in [7, 11) is 2.21. The van der Waals surface area contributed by atoms with E-state index < -0.39 is 0 Å². The summed E-state index contributed by atoms with van der Waals surface area (Å²) < 4.78 is 4.95. The third-order valence-corrected chi connectivity index (χ3v) is 9.53. The van der Waals surface area contributed by atoms with Crippen LogP contribution in [0.15, 0.2) is 79.0 Å². The van der Waals surface area contributed by atoms with Crippen LogP contribution >= 0.6 is 11.3 Å². The molecule has 4 aromatic carbocycles. The molecule has 0 atom stereocenters. The van der Waals surface area contributed by atoms with Gasteiger partial charge in [-0.2, -0.15) is 0 Å². The molecule has 0 saturated carbocycles. The minimum Gasteiger partial charge on any atom is -0.343 e. The smallest absolute Gasteiger partial charge is 0.0894 e. The maximum absolute atomic E-state index is 4.94. The number of thiophene rings is 1. The van der Waals surface area contributed by atoms with Crippen molar-refractivity contribution in [2.24, 2.45) is 7.05 Å². The molecule has 0 bridgehead atoms. The third-order valence-electron chi connectivity index (χ3n) is 8.33. The lowest BCUT2D eigenvalue weighted by Crippen LogP contribution is -2.11. The van der Waals surface area contributed by atoms with Crippen molar-refractivity contribution in [2.45, 2.75) is 52.4 Å². The van der Waals surface area contributed by atoms with Gasteiger partial charge in [-0.1, -0.05) is 77.9 Å². The first-order valence-corrected chi connectivity index (χ1v) is 14.6. The molecule has 0 unspecified atom stereocenters. The average Bonchev–Trinajstić information content (AvgIpc) is 3.42. The van der Waals surface area contributed by atoms with Crippen LogP contribution in [0.5, 0.6) is 0 Å². The number of benzene rings is 4. The molecular weight excluding hydrogens is 492 g/mol. The monoisotopic (exact) mass is 526 g/mol. The maximum atomic E-state index is 4.94. The van der Waals surface area contributed by atoms with Crippen LogP contribution in [0.4, 0.5) is 0 Å². The molecule has 7 aromatic rings. The quantitative estimate of drug-likeness (QED) is 0.208. The first kappa shape index (κ1) is 24.4. The van der Waals surface area contributed by atoms with E-state index in [9.17, 15) is 0 Å². The fourth-order valence-electron chi connectivity index (χ4n) is 6.01. The number of hydrogen-bond acceptors (Lipinski definition) is 2. The highest BCUT2D eigenvalue weighted by molar-refractivity contribution is 7.26. The van der Waals surface area contributed by atoms with Gasteiger partial charge in [-0.3, -0.25) is 4.98 Å². The van der Waals surface area contributed by atoms with Gasteiger partial charge < -0.3 is 4.57 Å². The van der Waals surface area contributed by atoms with E-state index in [1.165, 1.54) is 69.6 Å². The van der Waals surface area contributed by atoms with Crippen molar-refractivity contribution < 1.29 is 0 Å². The van der Waals surface area contributed by atoms with Gasteiger partial charge in [-0.05, 0) is 63.9 Å². The Hall–Kier alpha value is -3.69. The van der Waals surface area contributed by atoms with Gasteiger partial charge in [0.25, 0.3) is 0 Å². The summed E-state index contributed by atoms with van der Waals surface area (Å²) in [6, 6.07) is 27.4.